The molecule has 0 bridgehead atoms. The first-order valence-electron chi connectivity index (χ1n) is 11.1. The van der Waals surface area contributed by atoms with E-state index in [9.17, 15) is 13.2 Å². The molecule has 4 aromatic rings. The van der Waals surface area contributed by atoms with Crippen LogP contribution in [0.15, 0.2) is 113 Å². The van der Waals surface area contributed by atoms with Gasteiger partial charge in [0, 0.05) is 23.1 Å². The molecule has 1 aromatic heterocycles. The van der Waals surface area contributed by atoms with E-state index in [0.29, 0.717) is 5.13 Å². The zero-order valence-electron chi connectivity index (χ0n) is 19.7. The summed E-state index contributed by atoms with van der Waals surface area (Å²) in [6, 6.07) is 20.9. The molecule has 0 aliphatic heterocycles. The summed E-state index contributed by atoms with van der Waals surface area (Å²) in [7, 11) is -3.79. The van der Waals surface area contributed by atoms with E-state index in [1.54, 1.807) is 6.21 Å². The lowest BCUT2D eigenvalue weighted by atomic mass is 10.2. The van der Waals surface area contributed by atoms with Gasteiger partial charge in [-0.05, 0) is 48.0 Å². The summed E-state index contributed by atoms with van der Waals surface area (Å²) in [6.07, 6.45) is 4.61. The van der Waals surface area contributed by atoms with Crippen LogP contribution in [0.25, 0.3) is 10.2 Å². The summed E-state index contributed by atoms with van der Waals surface area (Å²) in [6.45, 7) is 7.53. The Morgan fingerprint density at radius 2 is 1.68 bits per heavy atom. The first-order valence-corrected chi connectivity index (χ1v) is 14.2. The van der Waals surface area contributed by atoms with Crippen LogP contribution in [0.3, 0.4) is 0 Å². The van der Waals surface area contributed by atoms with Gasteiger partial charge in [-0.25, -0.2) is 13.4 Å². The smallest absolute Gasteiger partial charge is 0.267 e. The molecule has 10 heteroatoms. The van der Waals surface area contributed by atoms with Crippen LogP contribution in [0, 0.1) is 0 Å². The average Bonchev–Trinajstić information content (AvgIpc) is 3.32. The lowest BCUT2D eigenvalue weighted by Crippen LogP contribution is -2.31. The number of hydrogen-bond acceptors (Lipinski definition) is 6. The van der Waals surface area contributed by atoms with Crippen LogP contribution in [0.2, 0.25) is 0 Å². The first-order chi connectivity index (χ1) is 17.8. The Kier molecular flexibility index (Phi) is 8.45. The van der Waals surface area contributed by atoms with Crippen molar-refractivity contribution in [2.75, 3.05) is 18.1 Å². The van der Waals surface area contributed by atoms with Gasteiger partial charge in [-0.15, -0.1) is 13.2 Å². The highest BCUT2D eigenvalue weighted by Gasteiger charge is 2.25. The van der Waals surface area contributed by atoms with Gasteiger partial charge in [0.1, 0.15) is 0 Å². The predicted molar refractivity (Wildman–Crippen MR) is 154 cm³/mol. The summed E-state index contributed by atoms with van der Waals surface area (Å²) in [5.74, 6) is -0.441. The van der Waals surface area contributed by atoms with Gasteiger partial charge in [0.15, 0.2) is 0 Å². The van der Waals surface area contributed by atoms with Crippen molar-refractivity contribution in [1.29, 1.82) is 0 Å². The molecule has 0 aliphatic carbocycles. The molecule has 1 amide bonds. The lowest BCUT2D eigenvalue weighted by molar-refractivity contribution is 0.0987. The van der Waals surface area contributed by atoms with Gasteiger partial charge in [0.2, 0.25) is 15.2 Å². The second-order valence-electron chi connectivity index (χ2n) is 7.80. The maximum absolute atomic E-state index is 13.6. The Hall–Kier alpha value is -3.44. The molecule has 0 radical (unpaired) electrons. The summed E-state index contributed by atoms with van der Waals surface area (Å²) in [5, 5.41) is 6.08. The highest BCUT2D eigenvalue weighted by atomic mass is 79.9. The van der Waals surface area contributed by atoms with Crippen LogP contribution in [0.4, 0.5) is 5.13 Å². The number of thiazole rings is 1. The van der Waals surface area contributed by atoms with Crippen molar-refractivity contribution in [2.24, 2.45) is 5.10 Å². The molecule has 0 aliphatic rings. The third kappa shape index (κ3) is 6.11. The fraction of sp³-hybridized carbons (Fsp3) is 0.0741. The highest BCUT2D eigenvalue weighted by molar-refractivity contribution is 9.10. The maximum Gasteiger partial charge on any atom is 0.280 e. The number of carbonyl (C=O) groups excluding carboxylic acids is 1. The Morgan fingerprint density at radius 3 is 2.32 bits per heavy atom. The third-order valence-corrected chi connectivity index (χ3v) is 8.57. The van der Waals surface area contributed by atoms with Gasteiger partial charge in [-0.2, -0.15) is 14.4 Å². The van der Waals surface area contributed by atoms with Crippen LogP contribution < -0.4 is 5.01 Å². The van der Waals surface area contributed by atoms with Crippen LogP contribution >= 0.6 is 27.3 Å². The predicted octanol–water partition coefficient (Wildman–Crippen LogP) is 6.10. The summed E-state index contributed by atoms with van der Waals surface area (Å²) in [5.41, 5.74) is 1.82. The van der Waals surface area contributed by atoms with Crippen molar-refractivity contribution < 1.29 is 13.2 Å². The molecule has 0 unspecified atom stereocenters. The average molecular weight is 596 g/mol. The van der Waals surface area contributed by atoms with Crippen LogP contribution in [-0.4, -0.2) is 42.9 Å². The first kappa shape index (κ1) is 26.6. The number of hydrazone groups is 1. The minimum atomic E-state index is -3.79. The van der Waals surface area contributed by atoms with Crippen molar-refractivity contribution >= 4 is 64.8 Å². The minimum Gasteiger partial charge on any atom is -0.267 e. The van der Waals surface area contributed by atoms with Gasteiger partial charge in [-0.3, -0.25) is 4.79 Å². The van der Waals surface area contributed by atoms with Crippen LogP contribution in [-0.2, 0) is 10.0 Å². The summed E-state index contributed by atoms with van der Waals surface area (Å²) < 4.78 is 29.1. The number of sulfonamides is 1. The summed E-state index contributed by atoms with van der Waals surface area (Å²) in [4.78, 5) is 18.3. The molecule has 4 rings (SSSR count). The number of nitrogens with zero attached hydrogens (tertiary/aromatic N) is 4. The minimum absolute atomic E-state index is 0.0666. The number of amides is 1. The number of aromatic nitrogens is 1. The molecule has 37 heavy (non-hydrogen) atoms. The van der Waals surface area contributed by atoms with Crippen molar-refractivity contribution in [1.82, 2.24) is 9.29 Å². The standard InChI is InChI=1S/C27H23BrN4O3S2/c1-3-16-31(17-4-2)37(34,35)23-13-10-21(11-14-23)26(33)32(29-19-20-8-6-5-7-9-20)27-30-24-15-12-22(28)18-25(24)36-27/h3-15,18-19H,1-2,16-17H2/b29-19+. The topological polar surface area (TPSA) is 82.9 Å². The molecule has 0 saturated carbocycles. The number of halogens is 1. The lowest BCUT2D eigenvalue weighted by Gasteiger charge is -2.19. The van der Waals surface area contributed by atoms with Crippen molar-refractivity contribution in [3.05, 3.63) is 114 Å². The Labute approximate surface area is 228 Å². The molecule has 188 valence electrons. The second kappa shape index (κ2) is 11.7. The number of hydrogen-bond donors (Lipinski definition) is 0. The molecular formula is C27H23BrN4O3S2. The quantitative estimate of drug-likeness (QED) is 0.126. The van der Waals surface area contributed by atoms with E-state index >= 15 is 0 Å². The third-order valence-electron chi connectivity index (χ3n) is 5.24. The highest BCUT2D eigenvalue weighted by Crippen LogP contribution is 2.32. The Bertz CT molecular complexity index is 1560. The maximum atomic E-state index is 13.6. The normalized spacial score (nSPS) is 11.7. The number of fused-ring (bicyclic) bond motifs is 1. The largest absolute Gasteiger partial charge is 0.280 e. The molecular weight excluding hydrogens is 572 g/mol. The molecule has 0 fully saturated rings. The van der Waals surface area contributed by atoms with Crippen LogP contribution in [0.5, 0.6) is 0 Å². The molecule has 7 nitrogen and oxygen atoms in total. The molecule has 0 atom stereocenters. The summed E-state index contributed by atoms with van der Waals surface area (Å²) >= 11 is 4.79. The van der Waals surface area contributed by atoms with Crippen molar-refractivity contribution in [3.63, 3.8) is 0 Å². The second-order valence-corrected chi connectivity index (χ2v) is 11.7. The molecule has 1 heterocycles. The van der Waals surface area contributed by atoms with Crippen molar-refractivity contribution in [3.8, 4) is 0 Å². The number of carbonyl (C=O) groups is 1. The number of benzene rings is 3. The van der Waals surface area contributed by atoms with Gasteiger partial charge >= 0.3 is 0 Å². The zero-order valence-corrected chi connectivity index (χ0v) is 22.9. The number of rotatable bonds is 10. The van der Waals surface area contributed by atoms with E-state index in [-0.39, 0.29) is 23.5 Å². The van der Waals surface area contributed by atoms with E-state index in [1.165, 1.54) is 57.1 Å². The van der Waals surface area contributed by atoms with Crippen molar-refractivity contribution in [2.45, 2.75) is 4.90 Å². The van der Waals surface area contributed by atoms with Crippen LogP contribution in [0.1, 0.15) is 15.9 Å². The van der Waals surface area contributed by atoms with E-state index in [0.717, 1.165) is 20.3 Å². The van der Waals surface area contributed by atoms with E-state index in [1.807, 2.05) is 48.5 Å². The zero-order chi connectivity index (χ0) is 26.4. The van der Waals surface area contributed by atoms with Gasteiger partial charge < -0.3 is 0 Å². The van der Waals surface area contributed by atoms with E-state index in [4.69, 9.17) is 0 Å². The monoisotopic (exact) mass is 594 g/mol. The molecule has 0 N–H and O–H groups in total. The molecule has 3 aromatic carbocycles. The SMILES string of the molecule is C=CCN(CC=C)S(=O)(=O)c1ccc(C(=O)N(/N=C/c2ccccc2)c2nc3ccc(Br)cc3s2)cc1. The number of anilines is 1. The van der Waals surface area contributed by atoms with E-state index in [2.05, 4.69) is 39.2 Å². The fourth-order valence-electron chi connectivity index (χ4n) is 3.43. The fourth-order valence-corrected chi connectivity index (χ4v) is 6.28. The molecule has 0 saturated heterocycles. The Balaban J connectivity index is 1.69. The van der Waals surface area contributed by atoms with Gasteiger partial charge in [0.25, 0.3) is 5.91 Å². The van der Waals surface area contributed by atoms with Gasteiger partial charge in [0.05, 0.1) is 21.3 Å². The van der Waals surface area contributed by atoms with Gasteiger partial charge in [-0.1, -0.05) is 69.8 Å². The Morgan fingerprint density at radius 1 is 1.00 bits per heavy atom. The molecule has 0 spiro atoms. The van der Waals surface area contributed by atoms with E-state index < -0.39 is 15.9 Å².